The number of hydrogen-bond acceptors (Lipinski definition) is 5. The van der Waals surface area contributed by atoms with Crippen molar-refractivity contribution in [2.75, 3.05) is 11.1 Å². The lowest BCUT2D eigenvalue weighted by Gasteiger charge is -2.10. The van der Waals surface area contributed by atoms with Gasteiger partial charge < -0.3 is 5.32 Å². The van der Waals surface area contributed by atoms with Crippen LogP contribution in [0.15, 0.2) is 78.0 Å². The predicted molar refractivity (Wildman–Crippen MR) is 118 cm³/mol. The maximum absolute atomic E-state index is 12.6. The lowest BCUT2D eigenvalue weighted by Crippen LogP contribution is -2.16. The Bertz CT molecular complexity index is 1240. The summed E-state index contributed by atoms with van der Waals surface area (Å²) in [4.78, 5) is 28.0. The van der Waals surface area contributed by atoms with Crippen LogP contribution in [0.1, 0.15) is 5.56 Å². The number of anilines is 1. The van der Waals surface area contributed by atoms with Crippen LogP contribution in [0.25, 0.3) is 16.7 Å². The molecule has 7 nitrogen and oxygen atoms in total. The lowest BCUT2D eigenvalue weighted by molar-refractivity contribution is -0.384. The summed E-state index contributed by atoms with van der Waals surface area (Å²) in [7, 11) is 0. The van der Waals surface area contributed by atoms with Gasteiger partial charge in [0.2, 0.25) is 5.91 Å². The summed E-state index contributed by atoms with van der Waals surface area (Å²) in [6, 6.07) is 22.3. The zero-order valence-corrected chi connectivity index (χ0v) is 16.9. The van der Waals surface area contributed by atoms with Gasteiger partial charge in [0.1, 0.15) is 5.69 Å². The molecule has 150 valence electrons. The molecule has 1 aromatic heterocycles. The van der Waals surface area contributed by atoms with Crippen LogP contribution < -0.4 is 5.32 Å². The van der Waals surface area contributed by atoms with Crippen molar-refractivity contribution >= 4 is 40.1 Å². The summed E-state index contributed by atoms with van der Waals surface area (Å²) in [5.41, 5.74) is 3.47. The first kappa shape index (κ1) is 19.7. The highest BCUT2D eigenvalue weighted by molar-refractivity contribution is 7.99. The molecular weight excluding hydrogens is 400 g/mol. The molecule has 3 aromatic carbocycles. The summed E-state index contributed by atoms with van der Waals surface area (Å²) in [5, 5.41) is 14.6. The van der Waals surface area contributed by atoms with E-state index < -0.39 is 4.92 Å². The van der Waals surface area contributed by atoms with Crippen molar-refractivity contribution in [3.8, 4) is 5.69 Å². The monoisotopic (exact) mass is 418 g/mol. The fourth-order valence-electron chi connectivity index (χ4n) is 3.20. The maximum Gasteiger partial charge on any atom is 0.293 e. The Morgan fingerprint density at radius 3 is 2.57 bits per heavy atom. The number of aryl methyl sites for hydroxylation is 1. The van der Waals surface area contributed by atoms with Crippen molar-refractivity contribution in [1.82, 2.24) is 9.55 Å². The maximum atomic E-state index is 12.6. The van der Waals surface area contributed by atoms with E-state index in [2.05, 4.69) is 10.3 Å². The average Bonchev–Trinajstić information content (AvgIpc) is 3.12. The van der Waals surface area contributed by atoms with Gasteiger partial charge in [-0.15, -0.1) is 0 Å². The molecule has 0 aliphatic rings. The molecule has 1 heterocycles. The second-order valence-corrected chi connectivity index (χ2v) is 7.56. The number of nitro benzene ring substituents is 1. The normalized spacial score (nSPS) is 10.8. The van der Waals surface area contributed by atoms with Crippen molar-refractivity contribution in [2.24, 2.45) is 0 Å². The van der Waals surface area contributed by atoms with Crippen LogP contribution in [0.3, 0.4) is 0 Å². The zero-order valence-electron chi connectivity index (χ0n) is 16.1. The van der Waals surface area contributed by atoms with Gasteiger partial charge >= 0.3 is 0 Å². The topological polar surface area (TPSA) is 90.1 Å². The van der Waals surface area contributed by atoms with Crippen molar-refractivity contribution in [2.45, 2.75) is 12.1 Å². The van der Waals surface area contributed by atoms with Gasteiger partial charge in [-0.05, 0) is 36.8 Å². The molecule has 0 saturated carbocycles. The Morgan fingerprint density at radius 2 is 1.80 bits per heavy atom. The average molecular weight is 418 g/mol. The highest BCUT2D eigenvalue weighted by Gasteiger charge is 2.19. The van der Waals surface area contributed by atoms with Crippen molar-refractivity contribution in [1.29, 1.82) is 0 Å². The molecule has 0 bridgehead atoms. The molecule has 8 heteroatoms. The minimum absolute atomic E-state index is 0.0711. The molecule has 0 aliphatic heterocycles. The fourth-order valence-corrected chi connectivity index (χ4v) is 4.03. The molecule has 0 unspecified atom stereocenters. The molecule has 1 N–H and O–H groups in total. The largest absolute Gasteiger partial charge is 0.319 e. The first-order chi connectivity index (χ1) is 14.5. The number of nitrogens with zero attached hydrogens (tertiary/aromatic N) is 3. The van der Waals surface area contributed by atoms with Gasteiger partial charge in [-0.25, -0.2) is 4.98 Å². The summed E-state index contributed by atoms with van der Waals surface area (Å²) >= 11 is 1.29. The van der Waals surface area contributed by atoms with Gasteiger partial charge in [0.15, 0.2) is 5.16 Å². The molecule has 0 aliphatic carbocycles. The number of para-hydroxylation sites is 4. The second kappa shape index (κ2) is 8.38. The number of carbonyl (C=O) groups excluding carboxylic acids is 1. The van der Waals surface area contributed by atoms with E-state index in [1.807, 2.05) is 59.2 Å². The van der Waals surface area contributed by atoms with E-state index in [0.29, 0.717) is 10.7 Å². The van der Waals surface area contributed by atoms with Gasteiger partial charge in [-0.2, -0.15) is 0 Å². The smallest absolute Gasteiger partial charge is 0.293 e. The van der Waals surface area contributed by atoms with E-state index in [4.69, 9.17) is 0 Å². The van der Waals surface area contributed by atoms with Crippen LogP contribution in [0.4, 0.5) is 11.4 Å². The zero-order chi connectivity index (χ0) is 21.1. The van der Waals surface area contributed by atoms with Crippen LogP contribution in [0.2, 0.25) is 0 Å². The summed E-state index contributed by atoms with van der Waals surface area (Å²) < 4.78 is 2.00. The minimum Gasteiger partial charge on any atom is -0.319 e. The molecule has 0 atom stereocenters. The van der Waals surface area contributed by atoms with Crippen LogP contribution in [0.5, 0.6) is 0 Å². The number of hydrogen-bond donors (Lipinski definition) is 1. The summed E-state index contributed by atoms with van der Waals surface area (Å²) in [6.07, 6.45) is 0. The third-order valence-corrected chi connectivity index (χ3v) is 5.53. The van der Waals surface area contributed by atoms with E-state index in [1.165, 1.54) is 17.8 Å². The van der Waals surface area contributed by atoms with E-state index in [9.17, 15) is 14.9 Å². The SMILES string of the molecule is Cc1cccc([N+](=O)[O-])c1NC(=O)CSc1nc2ccccc2n1-c1ccccc1. The van der Waals surface area contributed by atoms with Gasteiger partial charge in [0.25, 0.3) is 5.69 Å². The highest BCUT2D eigenvalue weighted by atomic mass is 32.2. The molecule has 0 spiro atoms. The van der Waals surface area contributed by atoms with Crippen LogP contribution in [0, 0.1) is 17.0 Å². The van der Waals surface area contributed by atoms with Crippen LogP contribution in [-0.2, 0) is 4.79 Å². The third kappa shape index (κ3) is 3.90. The summed E-state index contributed by atoms with van der Waals surface area (Å²) in [5.74, 6) is -0.258. The Balaban J connectivity index is 1.59. The molecule has 0 saturated heterocycles. The third-order valence-electron chi connectivity index (χ3n) is 4.59. The first-order valence-corrected chi connectivity index (χ1v) is 10.2. The number of fused-ring (bicyclic) bond motifs is 1. The second-order valence-electron chi connectivity index (χ2n) is 6.62. The number of carbonyl (C=O) groups is 1. The highest BCUT2D eigenvalue weighted by Crippen LogP contribution is 2.30. The lowest BCUT2D eigenvalue weighted by atomic mass is 10.1. The number of aromatic nitrogens is 2. The van der Waals surface area contributed by atoms with Crippen molar-refractivity contribution in [3.05, 3.63) is 88.5 Å². The molecule has 1 amide bonds. The van der Waals surface area contributed by atoms with Gasteiger partial charge in [0.05, 0.1) is 21.7 Å². The minimum atomic E-state index is -0.495. The molecule has 0 fully saturated rings. The van der Waals surface area contributed by atoms with E-state index in [-0.39, 0.29) is 23.0 Å². The predicted octanol–water partition coefficient (Wildman–Crippen LogP) is 4.97. The van der Waals surface area contributed by atoms with Crippen LogP contribution in [-0.4, -0.2) is 26.1 Å². The standard InChI is InChI=1S/C22H18N4O3S/c1-15-8-7-13-19(26(28)29)21(15)24-20(27)14-30-22-23-17-11-5-6-12-18(17)25(22)16-9-3-2-4-10-16/h2-13H,14H2,1H3,(H,24,27). The Kier molecular flexibility index (Phi) is 5.49. The Labute approximate surface area is 176 Å². The Morgan fingerprint density at radius 1 is 1.07 bits per heavy atom. The van der Waals surface area contributed by atoms with Crippen molar-refractivity contribution in [3.63, 3.8) is 0 Å². The number of thioether (sulfide) groups is 1. The van der Waals surface area contributed by atoms with E-state index in [0.717, 1.165) is 16.7 Å². The number of amides is 1. The molecule has 4 rings (SSSR count). The van der Waals surface area contributed by atoms with Gasteiger partial charge in [0, 0.05) is 11.8 Å². The summed E-state index contributed by atoms with van der Waals surface area (Å²) in [6.45, 7) is 1.73. The number of nitro groups is 1. The van der Waals surface area contributed by atoms with E-state index in [1.54, 1.807) is 19.1 Å². The van der Waals surface area contributed by atoms with Crippen LogP contribution >= 0.6 is 11.8 Å². The molecule has 4 aromatic rings. The van der Waals surface area contributed by atoms with Crippen molar-refractivity contribution < 1.29 is 9.72 Å². The van der Waals surface area contributed by atoms with E-state index >= 15 is 0 Å². The molecular formula is C22H18N4O3S. The number of benzene rings is 3. The van der Waals surface area contributed by atoms with Gasteiger partial charge in [-0.1, -0.05) is 54.2 Å². The number of rotatable bonds is 6. The van der Waals surface area contributed by atoms with Gasteiger partial charge in [-0.3, -0.25) is 19.5 Å². The fraction of sp³-hybridized carbons (Fsp3) is 0.0909. The first-order valence-electron chi connectivity index (χ1n) is 9.24. The molecule has 0 radical (unpaired) electrons. The number of nitrogens with one attached hydrogen (secondary N) is 1. The number of imidazole rings is 1. The molecule has 30 heavy (non-hydrogen) atoms. The quantitative estimate of drug-likeness (QED) is 0.271. The Hall–Kier alpha value is -3.65.